The minimum absolute atomic E-state index is 0.542. The van der Waals surface area contributed by atoms with Gasteiger partial charge in [-0.1, -0.05) is 29.9 Å². The normalized spacial score (nSPS) is 10.8. The van der Waals surface area contributed by atoms with E-state index in [0.29, 0.717) is 5.15 Å². The first-order chi connectivity index (χ1) is 5.81. The summed E-state index contributed by atoms with van der Waals surface area (Å²) in [6.45, 7) is 2.11. The zero-order valence-electron chi connectivity index (χ0n) is 6.62. The van der Waals surface area contributed by atoms with E-state index in [9.17, 15) is 0 Å². The lowest BCUT2D eigenvalue weighted by atomic mass is 10.4. The van der Waals surface area contributed by atoms with Crippen molar-refractivity contribution in [2.45, 2.75) is 13.3 Å². The molecule has 0 radical (unpaired) electrons. The molecule has 0 unspecified atom stereocenters. The van der Waals surface area contributed by atoms with Crippen LogP contribution in [-0.4, -0.2) is 5.10 Å². The highest BCUT2D eigenvalue weighted by molar-refractivity contribution is 7.15. The fraction of sp³-hybridized carbons (Fsp3) is 0.250. The summed E-state index contributed by atoms with van der Waals surface area (Å²) in [6, 6.07) is 3.80. The molecule has 12 heavy (non-hydrogen) atoms. The summed E-state index contributed by atoms with van der Waals surface area (Å²) < 4.78 is 1.90. The van der Waals surface area contributed by atoms with Gasteiger partial charge in [0.2, 0.25) is 5.69 Å². The number of halogens is 1. The molecule has 0 bridgehead atoms. The van der Waals surface area contributed by atoms with Crippen molar-refractivity contribution in [2.24, 2.45) is 0 Å². The zero-order valence-corrected chi connectivity index (χ0v) is 8.19. The SMILES string of the molecule is CCc1csc2ccc(Cl)n[n+]12. The lowest BCUT2D eigenvalue weighted by Gasteiger charge is -1.84. The number of hydrogen-bond donors (Lipinski definition) is 0. The first-order valence-corrected chi connectivity index (χ1v) is 5.02. The van der Waals surface area contributed by atoms with Gasteiger partial charge in [-0.25, -0.2) is 0 Å². The van der Waals surface area contributed by atoms with E-state index >= 15 is 0 Å². The van der Waals surface area contributed by atoms with Gasteiger partial charge in [0, 0.05) is 17.6 Å². The molecule has 2 heterocycles. The van der Waals surface area contributed by atoms with E-state index in [1.807, 2.05) is 16.6 Å². The van der Waals surface area contributed by atoms with E-state index in [0.717, 1.165) is 11.3 Å². The molecule has 0 aliphatic rings. The second-order valence-corrected chi connectivity index (χ2v) is 3.76. The Morgan fingerprint density at radius 1 is 1.58 bits per heavy atom. The lowest BCUT2D eigenvalue weighted by Crippen LogP contribution is -2.28. The third-order valence-electron chi connectivity index (χ3n) is 1.72. The van der Waals surface area contributed by atoms with Crippen molar-refractivity contribution in [3.05, 3.63) is 28.4 Å². The van der Waals surface area contributed by atoms with Crippen LogP contribution in [0.4, 0.5) is 0 Å². The molecular formula is C8H8ClN2S+. The topological polar surface area (TPSA) is 17.0 Å². The van der Waals surface area contributed by atoms with Crippen LogP contribution >= 0.6 is 22.9 Å². The number of aryl methyl sites for hydroxylation is 1. The summed E-state index contributed by atoms with van der Waals surface area (Å²) in [5, 5.41) is 6.85. The number of fused-ring (bicyclic) bond motifs is 1. The fourth-order valence-electron chi connectivity index (χ4n) is 1.10. The van der Waals surface area contributed by atoms with E-state index in [1.54, 1.807) is 11.3 Å². The Hall–Kier alpha value is -0.670. The second-order valence-electron chi connectivity index (χ2n) is 2.49. The predicted octanol–water partition coefficient (Wildman–Crippen LogP) is 2.10. The molecule has 2 nitrogen and oxygen atoms in total. The van der Waals surface area contributed by atoms with E-state index in [2.05, 4.69) is 17.4 Å². The molecule has 0 saturated carbocycles. The molecule has 62 valence electrons. The minimum atomic E-state index is 0.542. The maximum atomic E-state index is 5.78. The Morgan fingerprint density at radius 3 is 3.17 bits per heavy atom. The molecule has 0 N–H and O–H groups in total. The summed E-state index contributed by atoms with van der Waals surface area (Å²) in [4.78, 5) is 1.14. The molecule has 2 rings (SSSR count). The molecule has 2 aromatic heterocycles. The first kappa shape index (κ1) is 7.95. The van der Waals surface area contributed by atoms with Crippen LogP contribution in [0.2, 0.25) is 5.15 Å². The third-order valence-corrected chi connectivity index (χ3v) is 2.86. The number of nitrogens with zero attached hydrogens (tertiary/aromatic N) is 2. The van der Waals surface area contributed by atoms with Gasteiger partial charge in [-0.3, -0.25) is 0 Å². The quantitative estimate of drug-likeness (QED) is 0.643. The van der Waals surface area contributed by atoms with Gasteiger partial charge in [0.25, 0.3) is 4.83 Å². The number of rotatable bonds is 1. The van der Waals surface area contributed by atoms with Gasteiger partial charge in [0.05, 0.1) is 5.38 Å². The van der Waals surface area contributed by atoms with Gasteiger partial charge in [0.1, 0.15) is 0 Å². The molecule has 0 spiro atoms. The van der Waals surface area contributed by atoms with Crippen molar-refractivity contribution >= 4 is 27.8 Å². The average Bonchev–Trinajstić information content (AvgIpc) is 2.46. The fourth-order valence-corrected chi connectivity index (χ4v) is 2.16. The van der Waals surface area contributed by atoms with Crippen LogP contribution in [0.25, 0.3) is 4.83 Å². The van der Waals surface area contributed by atoms with Crippen molar-refractivity contribution in [1.82, 2.24) is 5.10 Å². The summed E-state index contributed by atoms with van der Waals surface area (Å²) >= 11 is 7.47. The number of hydrogen-bond acceptors (Lipinski definition) is 2. The van der Waals surface area contributed by atoms with E-state index in [4.69, 9.17) is 11.6 Å². The van der Waals surface area contributed by atoms with Gasteiger partial charge in [-0.05, 0) is 10.6 Å². The molecule has 0 atom stereocenters. The maximum Gasteiger partial charge on any atom is 0.294 e. The van der Waals surface area contributed by atoms with Crippen molar-refractivity contribution in [1.29, 1.82) is 0 Å². The molecule has 0 aliphatic carbocycles. The van der Waals surface area contributed by atoms with Crippen LogP contribution in [0, 0.1) is 0 Å². The van der Waals surface area contributed by atoms with Crippen LogP contribution in [0.5, 0.6) is 0 Å². The second kappa shape index (κ2) is 2.99. The Balaban J connectivity index is 2.75. The van der Waals surface area contributed by atoms with Gasteiger partial charge < -0.3 is 0 Å². The Kier molecular flexibility index (Phi) is 1.98. The monoisotopic (exact) mass is 199 g/mol. The molecule has 4 heteroatoms. The summed E-state index contributed by atoms with van der Waals surface area (Å²) in [5.74, 6) is 0. The highest BCUT2D eigenvalue weighted by Gasteiger charge is 2.13. The Bertz CT molecular complexity index is 410. The van der Waals surface area contributed by atoms with Crippen molar-refractivity contribution < 1.29 is 4.52 Å². The Labute approximate surface area is 79.4 Å². The first-order valence-electron chi connectivity index (χ1n) is 3.76. The van der Waals surface area contributed by atoms with Crippen molar-refractivity contribution in [2.75, 3.05) is 0 Å². The zero-order chi connectivity index (χ0) is 8.55. The number of thiazole rings is 1. The van der Waals surface area contributed by atoms with Gasteiger partial charge in [-0.15, -0.1) is 0 Å². The maximum absolute atomic E-state index is 5.78. The highest BCUT2D eigenvalue weighted by Crippen LogP contribution is 2.10. The van der Waals surface area contributed by atoms with Crippen LogP contribution in [-0.2, 0) is 6.42 Å². The van der Waals surface area contributed by atoms with Crippen molar-refractivity contribution in [3.63, 3.8) is 0 Å². The van der Waals surface area contributed by atoms with E-state index in [-0.39, 0.29) is 0 Å². The van der Waals surface area contributed by atoms with Crippen LogP contribution in [0.15, 0.2) is 17.5 Å². The van der Waals surface area contributed by atoms with Crippen molar-refractivity contribution in [3.8, 4) is 0 Å². The minimum Gasteiger partial charge on any atom is -0.0678 e. The van der Waals surface area contributed by atoms with Crippen LogP contribution < -0.4 is 4.52 Å². The smallest absolute Gasteiger partial charge is 0.0678 e. The summed E-state index contributed by atoms with van der Waals surface area (Å²) in [5.41, 5.74) is 1.21. The van der Waals surface area contributed by atoms with E-state index < -0.39 is 0 Å². The third kappa shape index (κ3) is 1.19. The summed E-state index contributed by atoms with van der Waals surface area (Å²) in [7, 11) is 0. The molecule has 0 aromatic carbocycles. The molecule has 2 aromatic rings. The van der Waals surface area contributed by atoms with E-state index in [1.165, 1.54) is 5.69 Å². The average molecular weight is 200 g/mol. The molecule has 0 saturated heterocycles. The largest absolute Gasteiger partial charge is 0.294 e. The lowest BCUT2D eigenvalue weighted by molar-refractivity contribution is -0.585. The molecule has 0 fully saturated rings. The number of aromatic nitrogens is 2. The van der Waals surface area contributed by atoms with Gasteiger partial charge in [0.15, 0.2) is 5.15 Å². The van der Waals surface area contributed by atoms with Gasteiger partial charge >= 0.3 is 0 Å². The summed E-state index contributed by atoms with van der Waals surface area (Å²) in [6.07, 6.45) is 0.984. The standard InChI is InChI=1S/C8H8ClN2S/c1-2-6-5-12-8-4-3-7(9)10-11(6)8/h3-5H,2H2,1H3/q+1. The molecular weight excluding hydrogens is 192 g/mol. The molecule has 0 aliphatic heterocycles. The van der Waals surface area contributed by atoms with Gasteiger partial charge in [-0.2, -0.15) is 0 Å². The predicted molar refractivity (Wildman–Crippen MR) is 49.7 cm³/mol. The highest BCUT2D eigenvalue weighted by atomic mass is 35.5. The molecule has 0 amide bonds. The Morgan fingerprint density at radius 2 is 2.42 bits per heavy atom. The van der Waals surface area contributed by atoms with Crippen LogP contribution in [0.1, 0.15) is 12.6 Å². The van der Waals surface area contributed by atoms with Crippen LogP contribution in [0.3, 0.4) is 0 Å².